The van der Waals surface area contributed by atoms with Crippen molar-refractivity contribution in [3.8, 4) is 17.3 Å². The average molecular weight is 516 g/mol. The van der Waals surface area contributed by atoms with Crippen LogP contribution in [0.2, 0.25) is 0 Å². The van der Waals surface area contributed by atoms with Gasteiger partial charge in [-0.2, -0.15) is 18.4 Å². The molecular formula is C25H21F5N6O. The van der Waals surface area contributed by atoms with E-state index < -0.39 is 48.5 Å². The van der Waals surface area contributed by atoms with E-state index in [1.54, 1.807) is 31.2 Å². The summed E-state index contributed by atoms with van der Waals surface area (Å²) in [6, 6.07) is 10.6. The number of benzene rings is 1. The largest absolute Gasteiger partial charge is 0.419 e. The molecule has 1 N–H and O–H groups in total. The Kier molecular flexibility index (Phi) is 7.07. The van der Waals surface area contributed by atoms with E-state index >= 15 is 0 Å². The fourth-order valence-corrected chi connectivity index (χ4v) is 4.33. The van der Waals surface area contributed by atoms with E-state index in [1.165, 1.54) is 18.3 Å². The number of nitriles is 1. The van der Waals surface area contributed by atoms with Crippen LogP contribution in [0, 0.1) is 17.2 Å². The van der Waals surface area contributed by atoms with E-state index in [-0.39, 0.29) is 23.6 Å². The number of halogens is 5. The first-order valence-corrected chi connectivity index (χ1v) is 11.3. The zero-order valence-electron chi connectivity index (χ0n) is 19.5. The Morgan fingerprint density at radius 3 is 2.54 bits per heavy atom. The number of likely N-dealkylation sites (tertiary alicyclic amines) is 1. The molecule has 3 heterocycles. The van der Waals surface area contributed by atoms with Gasteiger partial charge in [0.1, 0.15) is 0 Å². The van der Waals surface area contributed by atoms with E-state index in [0.29, 0.717) is 23.7 Å². The lowest BCUT2D eigenvalue weighted by Crippen LogP contribution is -2.57. The van der Waals surface area contributed by atoms with Crippen molar-refractivity contribution in [3.63, 3.8) is 0 Å². The molecule has 0 aliphatic carbocycles. The molecule has 1 unspecified atom stereocenters. The topological polar surface area (TPSA) is 94.8 Å². The van der Waals surface area contributed by atoms with Crippen LogP contribution in [0.4, 0.5) is 27.9 Å². The lowest BCUT2D eigenvalue weighted by Gasteiger charge is -2.43. The van der Waals surface area contributed by atoms with E-state index in [9.17, 15) is 32.0 Å². The molecule has 0 radical (unpaired) electrons. The van der Waals surface area contributed by atoms with Gasteiger partial charge in [-0.15, -0.1) is 0 Å². The predicted molar refractivity (Wildman–Crippen MR) is 123 cm³/mol. The van der Waals surface area contributed by atoms with Crippen LogP contribution in [0.25, 0.3) is 11.3 Å². The highest BCUT2D eigenvalue weighted by molar-refractivity contribution is 6.01. The van der Waals surface area contributed by atoms with E-state index in [4.69, 9.17) is 0 Å². The van der Waals surface area contributed by atoms with Gasteiger partial charge < -0.3 is 10.2 Å². The molecule has 2 aromatic heterocycles. The fraction of sp³-hybridized carbons (Fsp3) is 0.320. The van der Waals surface area contributed by atoms with Crippen molar-refractivity contribution in [2.24, 2.45) is 5.92 Å². The molecule has 7 nitrogen and oxygen atoms in total. The van der Waals surface area contributed by atoms with Crippen LogP contribution in [0.15, 0.2) is 55.0 Å². The lowest BCUT2D eigenvalue weighted by molar-refractivity contribution is -0.138. The van der Waals surface area contributed by atoms with Crippen LogP contribution in [-0.2, 0) is 6.18 Å². The van der Waals surface area contributed by atoms with E-state index in [0.717, 1.165) is 4.90 Å². The zero-order chi connectivity index (χ0) is 26.8. The van der Waals surface area contributed by atoms with Crippen LogP contribution < -0.4 is 5.32 Å². The number of hydrogen-bond donors (Lipinski definition) is 1. The Balaban J connectivity index is 1.65. The lowest BCUT2D eigenvalue weighted by atomic mass is 9.87. The molecule has 4 rings (SSSR count). The third kappa shape index (κ3) is 5.82. The monoisotopic (exact) mass is 516 g/mol. The summed E-state index contributed by atoms with van der Waals surface area (Å²) in [7, 11) is 0. The van der Waals surface area contributed by atoms with Crippen molar-refractivity contribution in [2.75, 3.05) is 18.4 Å². The number of piperidine rings is 1. The normalized spacial score (nSPS) is 19.2. The van der Waals surface area contributed by atoms with Gasteiger partial charge in [0.2, 0.25) is 5.95 Å². The maximum Gasteiger partial charge on any atom is 0.419 e. The highest BCUT2D eigenvalue weighted by Crippen LogP contribution is 2.36. The third-order valence-corrected chi connectivity index (χ3v) is 6.11. The molecule has 1 aliphatic rings. The number of carbonyl (C=O) groups is 1. The van der Waals surface area contributed by atoms with Crippen molar-refractivity contribution in [3.05, 3.63) is 71.7 Å². The van der Waals surface area contributed by atoms with Gasteiger partial charge in [0.25, 0.3) is 11.8 Å². The summed E-state index contributed by atoms with van der Waals surface area (Å²) in [5.74, 6) is -4.68. The highest BCUT2D eigenvalue weighted by Gasteiger charge is 2.46. The predicted octanol–water partition coefficient (Wildman–Crippen LogP) is 5.03. The smallest absolute Gasteiger partial charge is 0.352 e. The SMILES string of the molecule is C[C@@H]1CC(F)(F)CN(C(=O)c2cc(C#N)ccc2-c2ccccn2)C1CNc1ncc(C(F)(F)F)cn1. The second kappa shape index (κ2) is 10.1. The van der Waals surface area contributed by atoms with Gasteiger partial charge in [0.05, 0.1) is 41.0 Å². The van der Waals surface area contributed by atoms with Gasteiger partial charge in [0, 0.05) is 37.1 Å². The van der Waals surface area contributed by atoms with E-state index in [1.807, 2.05) is 6.07 Å². The van der Waals surface area contributed by atoms with Crippen molar-refractivity contribution < 1.29 is 26.7 Å². The Morgan fingerprint density at radius 2 is 1.92 bits per heavy atom. The Hall–Kier alpha value is -4.14. The summed E-state index contributed by atoms with van der Waals surface area (Å²) >= 11 is 0. The molecule has 12 heteroatoms. The molecule has 1 aliphatic heterocycles. The Bertz CT molecular complexity index is 1310. The quantitative estimate of drug-likeness (QED) is 0.479. The van der Waals surface area contributed by atoms with Crippen LogP contribution in [0.1, 0.15) is 34.8 Å². The molecule has 37 heavy (non-hydrogen) atoms. The standard InChI is InChI=1S/C25H21F5N6O/c1-15-9-24(26,27)14-36(21(15)13-35-23-33-11-17(12-34-23)25(28,29)30)22(37)19-8-16(10-31)5-6-18(19)20-4-2-3-7-32-20/h2-8,11-12,15,21H,9,13-14H2,1H3,(H,33,34,35)/t15-,21?/m1/s1. The minimum absolute atomic E-state index is 0.0402. The molecule has 1 saturated heterocycles. The fourth-order valence-electron chi connectivity index (χ4n) is 4.33. The number of amides is 1. The number of anilines is 1. The van der Waals surface area contributed by atoms with Gasteiger partial charge in [-0.05, 0) is 30.2 Å². The Morgan fingerprint density at radius 1 is 1.19 bits per heavy atom. The minimum Gasteiger partial charge on any atom is -0.352 e. The van der Waals surface area contributed by atoms with Crippen LogP contribution >= 0.6 is 0 Å². The van der Waals surface area contributed by atoms with Gasteiger partial charge >= 0.3 is 6.18 Å². The summed E-state index contributed by atoms with van der Waals surface area (Å²) in [4.78, 5) is 26.3. The number of nitrogens with one attached hydrogen (secondary N) is 1. The molecule has 0 bridgehead atoms. The van der Waals surface area contributed by atoms with Gasteiger partial charge in [-0.1, -0.05) is 19.1 Å². The number of aromatic nitrogens is 3. The third-order valence-electron chi connectivity index (χ3n) is 6.11. The molecule has 0 spiro atoms. The minimum atomic E-state index is -4.60. The summed E-state index contributed by atoms with van der Waals surface area (Å²) in [5, 5.41) is 12.1. The first-order chi connectivity index (χ1) is 17.5. The number of nitrogens with zero attached hydrogens (tertiary/aromatic N) is 5. The average Bonchev–Trinajstić information content (AvgIpc) is 2.86. The Labute approximate surface area is 209 Å². The molecule has 3 aromatic rings. The maximum absolute atomic E-state index is 14.6. The molecule has 0 saturated carbocycles. The zero-order valence-corrected chi connectivity index (χ0v) is 19.5. The summed E-state index contributed by atoms with van der Waals surface area (Å²) in [6.07, 6.45) is -2.33. The maximum atomic E-state index is 14.6. The number of carbonyl (C=O) groups excluding carboxylic acids is 1. The summed E-state index contributed by atoms with van der Waals surface area (Å²) in [5.41, 5.74) is -0.00465. The summed E-state index contributed by atoms with van der Waals surface area (Å²) < 4.78 is 67.6. The highest BCUT2D eigenvalue weighted by atomic mass is 19.4. The molecule has 2 atom stereocenters. The van der Waals surface area contributed by atoms with Gasteiger partial charge in [0.15, 0.2) is 0 Å². The van der Waals surface area contributed by atoms with Crippen LogP contribution in [0.3, 0.4) is 0 Å². The molecule has 1 aromatic carbocycles. The molecular weight excluding hydrogens is 495 g/mol. The van der Waals surface area contributed by atoms with Crippen LogP contribution in [-0.4, -0.2) is 50.8 Å². The van der Waals surface area contributed by atoms with Crippen molar-refractivity contribution in [1.82, 2.24) is 19.9 Å². The van der Waals surface area contributed by atoms with E-state index in [2.05, 4.69) is 20.3 Å². The van der Waals surface area contributed by atoms with Crippen molar-refractivity contribution in [1.29, 1.82) is 5.26 Å². The van der Waals surface area contributed by atoms with Crippen LogP contribution in [0.5, 0.6) is 0 Å². The molecule has 1 fully saturated rings. The molecule has 1 amide bonds. The molecule has 192 valence electrons. The van der Waals surface area contributed by atoms with Gasteiger partial charge in [-0.3, -0.25) is 9.78 Å². The summed E-state index contributed by atoms with van der Waals surface area (Å²) in [6.45, 7) is 0.624. The van der Waals surface area contributed by atoms with Gasteiger partial charge in [-0.25, -0.2) is 18.7 Å². The number of rotatable bonds is 5. The van der Waals surface area contributed by atoms with Crippen molar-refractivity contribution >= 4 is 11.9 Å². The first-order valence-electron chi connectivity index (χ1n) is 11.3. The number of hydrogen-bond acceptors (Lipinski definition) is 6. The van der Waals surface area contributed by atoms with Crippen molar-refractivity contribution in [2.45, 2.75) is 31.5 Å². The first kappa shape index (κ1) is 25.9. The second-order valence-corrected chi connectivity index (χ2v) is 8.80. The number of alkyl halides is 5. The second-order valence-electron chi connectivity index (χ2n) is 8.80. The number of pyridine rings is 1.